The molecule has 2 aliphatic heterocycles. The van der Waals surface area contributed by atoms with E-state index >= 15 is 0 Å². The second kappa shape index (κ2) is 5.43. The fourth-order valence-electron chi connectivity index (χ4n) is 2.53. The zero-order valence-corrected chi connectivity index (χ0v) is 10.2. The van der Waals surface area contributed by atoms with E-state index in [0.717, 1.165) is 19.3 Å². The second-order valence-electron chi connectivity index (χ2n) is 4.82. The molecule has 19 heavy (non-hydrogen) atoms. The molecule has 3 unspecified atom stereocenters. The highest BCUT2D eigenvalue weighted by atomic mass is 16.5. The van der Waals surface area contributed by atoms with Crippen molar-refractivity contribution in [1.82, 2.24) is 10.6 Å². The lowest BCUT2D eigenvalue weighted by Gasteiger charge is -2.21. The molecule has 0 aromatic carbocycles. The number of rotatable bonds is 5. The van der Waals surface area contributed by atoms with E-state index in [0.29, 0.717) is 0 Å². The van der Waals surface area contributed by atoms with Crippen LogP contribution < -0.4 is 10.6 Å². The number of carbonyl (C=O) groups is 3. The van der Waals surface area contributed by atoms with Crippen LogP contribution in [0.15, 0.2) is 0 Å². The van der Waals surface area contributed by atoms with Gasteiger partial charge in [0.25, 0.3) is 0 Å². The van der Waals surface area contributed by atoms with Gasteiger partial charge in [-0.2, -0.15) is 0 Å². The molecule has 8 nitrogen and oxygen atoms in total. The summed E-state index contributed by atoms with van der Waals surface area (Å²) in [6.45, 7) is 0. The Morgan fingerprint density at radius 1 is 1.26 bits per heavy atom. The third kappa shape index (κ3) is 3.34. The average Bonchev–Trinajstić information content (AvgIpc) is 2.89. The van der Waals surface area contributed by atoms with Crippen molar-refractivity contribution in [2.75, 3.05) is 0 Å². The predicted octanol–water partition coefficient (Wildman–Crippen LogP) is -0.467. The minimum Gasteiger partial charge on any atom is -0.481 e. The van der Waals surface area contributed by atoms with Gasteiger partial charge in [0.15, 0.2) is 0 Å². The number of urea groups is 1. The van der Waals surface area contributed by atoms with Crippen LogP contribution in [0.4, 0.5) is 4.79 Å². The van der Waals surface area contributed by atoms with Gasteiger partial charge >= 0.3 is 18.0 Å². The summed E-state index contributed by atoms with van der Waals surface area (Å²) < 4.78 is 5.55. The summed E-state index contributed by atoms with van der Waals surface area (Å²) in [6.07, 6.45) is 2.09. The molecular weight excluding hydrogens is 256 g/mol. The Bertz CT molecular complexity index is 399. The van der Waals surface area contributed by atoms with Gasteiger partial charge in [-0.05, 0) is 19.3 Å². The molecule has 2 heterocycles. The van der Waals surface area contributed by atoms with Crippen molar-refractivity contribution in [2.24, 2.45) is 0 Å². The normalized spacial score (nSPS) is 29.8. The van der Waals surface area contributed by atoms with Crippen LogP contribution in [0.5, 0.6) is 0 Å². The molecule has 2 saturated heterocycles. The largest absolute Gasteiger partial charge is 0.481 e. The van der Waals surface area contributed by atoms with Crippen LogP contribution in [0.3, 0.4) is 0 Å². The van der Waals surface area contributed by atoms with Gasteiger partial charge in [0.2, 0.25) is 0 Å². The predicted molar refractivity (Wildman–Crippen MR) is 61.6 cm³/mol. The summed E-state index contributed by atoms with van der Waals surface area (Å²) in [5.74, 6) is -2.65. The molecule has 2 fully saturated rings. The quantitative estimate of drug-likeness (QED) is 0.536. The molecule has 106 valence electrons. The minimum absolute atomic E-state index is 0.0153. The van der Waals surface area contributed by atoms with E-state index in [4.69, 9.17) is 14.9 Å². The van der Waals surface area contributed by atoms with E-state index in [-0.39, 0.29) is 18.2 Å². The molecule has 4 atom stereocenters. The van der Waals surface area contributed by atoms with Crippen LogP contribution in [0.2, 0.25) is 0 Å². The number of ether oxygens (including phenoxy) is 1. The highest BCUT2D eigenvalue weighted by Crippen LogP contribution is 2.34. The third-order valence-corrected chi connectivity index (χ3v) is 3.40. The third-order valence-electron chi connectivity index (χ3n) is 3.40. The molecule has 0 radical (unpaired) electrons. The summed E-state index contributed by atoms with van der Waals surface area (Å²) in [5, 5.41) is 22.2. The summed E-state index contributed by atoms with van der Waals surface area (Å²) in [7, 11) is 0. The van der Waals surface area contributed by atoms with Gasteiger partial charge < -0.3 is 25.6 Å². The maximum Gasteiger partial charge on any atom is 0.326 e. The maximum atomic E-state index is 11.6. The lowest BCUT2D eigenvalue weighted by atomic mass is 9.96. The van der Waals surface area contributed by atoms with Crippen molar-refractivity contribution < 1.29 is 29.3 Å². The molecule has 0 aromatic heterocycles. The number of aliphatic carboxylic acids is 2. The SMILES string of the molecule is O=C(O)C[C@@H](NC(=O)NC1CC2CCC1O2)C(=O)O. The number of amides is 2. The fourth-order valence-corrected chi connectivity index (χ4v) is 2.53. The fraction of sp³-hybridized carbons (Fsp3) is 0.727. The summed E-state index contributed by atoms with van der Waals surface area (Å²) >= 11 is 0. The molecule has 0 spiro atoms. The van der Waals surface area contributed by atoms with Crippen molar-refractivity contribution >= 4 is 18.0 Å². The highest BCUT2D eigenvalue weighted by Gasteiger charge is 2.41. The van der Waals surface area contributed by atoms with Gasteiger partial charge in [-0.25, -0.2) is 9.59 Å². The van der Waals surface area contributed by atoms with Crippen molar-refractivity contribution in [1.29, 1.82) is 0 Å². The van der Waals surface area contributed by atoms with Gasteiger partial charge in [-0.15, -0.1) is 0 Å². The first-order chi connectivity index (χ1) is 8.95. The molecular formula is C11H16N2O6. The molecule has 2 amide bonds. The van der Waals surface area contributed by atoms with Gasteiger partial charge in [0, 0.05) is 0 Å². The van der Waals surface area contributed by atoms with Crippen molar-refractivity contribution in [3.05, 3.63) is 0 Å². The standard InChI is InChI=1S/C11H16N2O6/c14-9(15)4-7(10(16)17)13-11(18)12-6-3-5-1-2-8(6)19-5/h5-8H,1-4H2,(H,14,15)(H,16,17)(H2,12,13,18)/t5?,6?,7-,8?/m1/s1. The van der Waals surface area contributed by atoms with E-state index < -0.39 is 30.4 Å². The Morgan fingerprint density at radius 2 is 2.00 bits per heavy atom. The summed E-state index contributed by atoms with van der Waals surface area (Å²) in [6, 6.07) is -2.23. The van der Waals surface area contributed by atoms with Crippen LogP contribution in [-0.4, -0.2) is 52.5 Å². The number of carbonyl (C=O) groups excluding carboxylic acids is 1. The van der Waals surface area contributed by atoms with Gasteiger partial charge in [0.1, 0.15) is 6.04 Å². The Kier molecular flexibility index (Phi) is 3.89. The number of nitrogens with one attached hydrogen (secondary N) is 2. The van der Waals surface area contributed by atoms with Crippen LogP contribution >= 0.6 is 0 Å². The second-order valence-corrected chi connectivity index (χ2v) is 4.82. The molecule has 2 aliphatic rings. The number of carboxylic acid groups (broad SMARTS) is 2. The van der Waals surface area contributed by atoms with Crippen molar-refractivity contribution in [3.8, 4) is 0 Å². The van der Waals surface area contributed by atoms with Crippen molar-refractivity contribution in [2.45, 2.75) is 50.0 Å². The lowest BCUT2D eigenvalue weighted by molar-refractivity contribution is -0.145. The maximum absolute atomic E-state index is 11.6. The van der Waals surface area contributed by atoms with Gasteiger partial charge in [-0.3, -0.25) is 4.79 Å². The van der Waals surface area contributed by atoms with E-state index in [1.54, 1.807) is 0 Å². The first-order valence-corrected chi connectivity index (χ1v) is 6.13. The Balaban J connectivity index is 1.82. The van der Waals surface area contributed by atoms with Crippen LogP contribution in [0.25, 0.3) is 0 Å². The lowest BCUT2D eigenvalue weighted by Crippen LogP contribution is -2.51. The molecule has 0 aromatic rings. The molecule has 0 aliphatic carbocycles. The smallest absolute Gasteiger partial charge is 0.326 e. The topological polar surface area (TPSA) is 125 Å². The zero-order chi connectivity index (χ0) is 14.0. The molecule has 8 heteroatoms. The average molecular weight is 272 g/mol. The number of hydrogen-bond acceptors (Lipinski definition) is 4. The van der Waals surface area contributed by atoms with Crippen LogP contribution in [-0.2, 0) is 14.3 Å². The van der Waals surface area contributed by atoms with Gasteiger partial charge in [-0.1, -0.05) is 0 Å². The van der Waals surface area contributed by atoms with Gasteiger partial charge in [0.05, 0.1) is 24.7 Å². The number of hydrogen-bond donors (Lipinski definition) is 4. The first-order valence-electron chi connectivity index (χ1n) is 6.13. The van der Waals surface area contributed by atoms with Crippen molar-refractivity contribution in [3.63, 3.8) is 0 Å². The molecule has 2 bridgehead atoms. The monoisotopic (exact) mass is 272 g/mol. The van der Waals surface area contributed by atoms with E-state index in [1.165, 1.54) is 0 Å². The number of carboxylic acids is 2. The first kappa shape index (κ1) is 13.6. The molecule has 2 rings (SSSR count). The Labute approximate surface area is 109 Å². The molecule has 4 N–H and O–H groups in total. The Morgan fingerprint density at radius 3 is 2.47 bits per heavy atom. The minimum atomic E-state index is -1.43. The summed E-state index contributed by atoms with van der Waals surface area (Å²) in [5.41, 5.74) is 0. The molecule has 0 saturated carbocycles. The van der Waals surface area contributed by atoms with E-state index in [2.05, 4.69) is 10.6 Å². The van der Waals surface area contributed by atoms with Crippen LogP contribution in [0, 0.1) is 0 Å². The number of fused-ring (bicyclic) bond motifs is 2. The zero-order valence-electron chi connectivity index (χ0n) is 10.2. The van der Waals surface area contributed by atoms with E-state index in [1.807, 2.05) is 0 Å². The Hall–Kier alpha value is -1.83. The van der Waals surface area contributed by atoms with E-state index in [9.17, 15) is 14.4 Å². The summed E-state index contributed by atoms with van der Waals surface area (Å²) in [4.78, 5) is 32.9. The van der Waals surface area contributed by atoms with Crippen LogP contribution in [0.1, 0.15) is 25.7 Å². The highest BCUT2D eigenvalue weighted by molar-refractivity contribution is 5.86.